The fourth-order valence-corrected chi connectivity index (χ4v) is 4.70. The van der Waals surface area contributed by atoms with E-state index in [2.05, 4.69) is 35.4 Å². The number of para-hydroxylation sites is 1. The van der Waals surface area contributed by atoms with Crippen molar-refractivity contribution in [3.05, 3.63) is 29.3 Å². The van der Waals surface area contributed by atoms with Crippen molar-refractivity contribution in [1.82, 2.24) is 10.2 Å². The molecule has 0 unspecified atom stereocenters. The number of carbonyl (C=O) groups is 2. The second-order valence-corrected chi connectivity index (χ2v) is 9.41. The lowest BCUT2D eigenvalue weighted by atomic mass is 9.98. The van der Waals surface area contributed by atoms with Gasteiger partial charge in [0.2, 0.25) is 16.9 Å². The highest BCUT2D eigenvalue weighted by Gasteiger charge is 2.35. The molecule has 1 aliphatic rings. The van der Waals surface area contributed by atoms with Gasteiger partial charge in [-0.3, -0.25) is 14.5 Å². The summed E-state index contributed by atoms with van der Waals surface area (Å²) in [4.78, 5) is 26.4. The van der Waals surface area contributed by atoms with E-state index in [1.54, 1.807) is 4.90 Å². The molecule has 1 aromatic heterocycles. The van der Waals surface area contributed by atoms with Gasteiger partial charge in [-0.1, -0.05) is 62.1 Å². The predicted octanol–water partition coefficient (Wildman–Crippen LogP) is 4.61. The first kappa shape index (κ1) is 20.8. The minimum Gasteiger partial charge on any atom is -0.325 e. The third-order valence-corrected chi connectivity index (χ3v) is 6.66. The molecule has 1 aromatic carbocycles. The maximum absolute atomic E-state index is 12.5. The van der Waals surface area contributed by atoms with Crippen LogP contribution in [0, 0.1) is 6.92 Å². The molecule has 0 aliphatic heterocycles. The number of anilines is 2. The van der Waals surface area contributed by atoms with Gasteiger partial charge in [0.05, 0.1) is 5.75 Å². The topological polar surface area (TPSA) is 75.2 Å². The molecule has 1 heterocycles. The highest BCUT2D eigenvalue weighted by Crippen LogP contribution is 2.36. The first-order valence-electron chi connectivity index (χ1n) is 9.58. The second-order valence-electron chi connectivity index (χ2n) is 7.23. The number of rotatable bonds is 8. The Bertz CT molecular complexity index is 862. The third kappa shape index (κ3) is 4.91. The van der Waals surface area contributed by atoms with E-state index in [1.807, 2.05) is 26.0 Å². The van der Waals surface area contributed by atoms with Crippen LogP contribution in [0.1, 0.15) is 57.1 Å². The molecule has 1 aliphatic carbocycles. The smallest absolute Gasteiger partial charge is 0.234 e. The minimum atomic E-state index is -0.0679. The van der Waals surface area contributed by atoms with Gasteiger partial charge in [-0.05, 0) is 36.8 Å². The molecule has 0 saturated heterocycles. The fraction of sp³-hybridized carbons (Fsp3) is 0.500. The van der Waals surface area contributed by atoms with Crippen molar-refractivity contribution < 1.29 is 9.59 Å². The number of amides is 2. The van der Waals surface area contributed by atoms with E-state index in [1.165, 1.54) is 23.1 Å². The van der Waals surface area contributed by atoms with E-state index in [-0.39, 0.29) is 23.6 Å². The number of benzene rings is 1. The number of thioether (sulfide) groups is 1. The first-order chi connectivity index (χ1) is 13.4. The summed E-state index contributed by atoms with van der Waals surface area (Å²) in [5.41, 5.74) is 3.09. The third-order valence-electron chi connectivity index (χ3n) is 4.60. The standard InChI is InChI=1S/C20H26N4O2S2/c1-5-17(26)24(14-9-10-14)19-22-23-20(28-19)27-11-16(25)21-18-13(4)7-6-8-15(18)12(2)3/h6-8,12,14H,5,9-11H2,1-4H3,(H,21,25). The zero-order valence-corrected chi connectivity index (χ0v) is 18.3. The van der Waals surface area contributed by atoms with Crippen LogP contribution >= 0.6 is 23.1 Å². The van der Waals surface area contributed by atoms with E-state index in [9.17, 15) is 9.59 Å². The Morgan fingerprint density at radius 2 is 2.07 bits per heavy atom. The van der Waals surface area contributed by atoms with Crippen molar-refractivity contribution in [2.24, 2.45) is 0 Å². The molecule has 150 valence electrons. The van der Waals surface area contributed by atoms with Gasteiger partial charge in [0.15, 0.2) is 4.34 Å². The van der Waals surface area contributed by atoms with Crippen LogP contribution < -0.4 is 10.2 Å². The average Bonchev–Trinajstić information content (AvgIpc) is 3.39. The van der Waals surface area contributed by atoms with Gasteiger partial charge >= 0.3 is 0 Å². The number of nitrogens with zero attached hydrogens (tertiary/aromatic N) is 3. The van der Waals surface area contributed by atoms with Gasteiger partial charge in [-0.15, -0.1) is 10.2 Å². The number of nitrogens with one attached hydrogen (secondary N) is 1. The lowest BCUT2D eigenvalue weighted by Crippen LogP contribution is -2.32. The molecule has 1 N–H and O–H groups in total. The Kier molecular flexibility index (Phi) is 6.72. The predicted molar refractivity (Wildman–Crippen MR) is 115 cm³/mol. The lowest BCUT2D eigenvalue weighted by molar-refractivity contribution is -0.118. The van der Waals surface area contributed by atoms with E-state index in [0.29, 0.717) is 21.8 Å². The summed E-state index contributed by atoms with van der Waals surface area (Å²) in [7, 11) is 0. The molecule has 28 heavy (non-hydrogen) atoms. The van der Waals surface area contributed by atoms with Crippen molar-refractivity contribution in [2.45, 2.75) is 63.3 Å². The second kappa shape index (κ2) is 9.05. The Balaban J connectivity index is 1.62. The normalized spacial score (nSPS) is 13.6. The number of aromatic nitrogens is 2. The molecule has 1 saturated carbocycles. The van der Waals surface area contributed by atoms with Crippen molar-refractivity contribution in [3.63, 3.8) is 0 Å². The Hall–Kier alpha value is -1.93. The Morgan fingerprint density at radius 1 is 1.32 bits per heavy atom. The van der Waals surface area contributed by atoms with Gasteiger partial charge < -0.3 is 5.32 Å². The van der Waals surface area contributed by atoms with E-state index in [4.69, 9.17) is 0 Å². The Labute approximate surface area is 174 Å². The average molecular weight is 419 g/mol. The van der Waals surface area contributed by atoms with Crippen LogP contribution in [0.15, 0.2) is 22.5 Å². The highest BCUT2D eigenvalue weighted by atomic mass is 32.2. The molecule has 0 radical (unpaired) electrons. The number of carbonyl (C=O) groups excluding carboxylic acids is 2. The van der Waals surface area contributed by atoms with Crippen molar-refractivity contribution >= 4 is 45.7 Å². The van der Waals surface area contributed by atoms with Crippen LogP contribution in [-0.2, 0) is 9.59 Å². The summed E-state index contributed by atoms with van der Waals surface area (Å²) in [6, 6.07) is 6.33. The van der Waals surface area contributed by atoms with Crippen LogP contribution in [0.4, 0.5) is 10.8 Å². The summed E-state index contributed by atoms with van der Waals surface area (Å²) < 4.78 is 0.702. The summed E-state index contributed by atoms with van der Waals surface area (Å²) in [6.45, 7) is 8.09. The highest BCUT2D eigenvalue weighted by molar-refractivity contribution is 8.01. The molecular formula is C20H26N4O2S2. The zero-order valence-electron chi connectivity index (χ0n) is 16.7. The van der Waals surface area contributed by atoms with Crippen LogP contribution in [0.5, 0.6) is 0 Å². The summed E-state index contributed by atoms with van der Waals surface area (Å²) in [5.74, 6) is 0.597. The van der Waals surface area contributed by atoms with Crippen molar-refractivity contribution in [3.8, 4) is 0 Å². The van der Waals surface area contributed by atoms with Gasteiger partial charge in [0, 0.05) is 18.2 Å². The molecule has 0 atom stereocenters. The van der Waals surface area contributed by atoms with Gasteiger partial charge in [0.1, 0.15) is 0 Å². The van der Waals surface area contributed by atoms with E-state index < -0.39 is 0 Å². The molecule has 1 fully saturated rings. The van der Waals surface area contributed by atoms with E-state index in [0.717, 1.165) is 29.7 Å². The van der Waals surface area contributed by atoms with E-state index >= 15 is 0 Å². The van der Waals surface area contributed by atoms with Gasteiger partial charge in [-0.25, -0.2) is 0 Å². The fourth-order valence-electron chi connectivity index (χ4n) is 2.97. The molecule has 8 heteroatoms. The molecule has 2 amide bonds. The Morgan fingerprint density at radius 3 is 2.71 bits per heavy atom. The molecule has 0 spiro atoms. The SMILES string of the molecule is CCC(=O)N(c1nnc(SCC(=O)Nc2c(C)cccc2C(C)C)s1)C1CC1. The number of hydrogen-bond donors (Lipinski definition) is 1. The monoisotopic (exact) mass is 418 g/mol. The summed E-state index contributed by atoms with van der Waals surface area (Å²) in [5, 5.41) is 12.0. The minimum absolute atomic E-state index is 0.0679. The maximum atomic E-state index is 12.5. The molecule has 0 bridgehead atoms. The largest absolute Gasteiger partial charge is 0.325 e. The zero-order chi connectivity index (χ0) is 20.3. The molecule has 3 rings (SSSR count). The quantitative estimate of drug-likeness (QED) is 0.501. The van der Waals surface area contributed by atoms with Crippen LogP contribution in [0.25, 0.3) is 0 Å². The first-order valence-corrected chi connectivity index (χ1v) is 11.4. The van der Waals surface area contributed by atoms with Crippen LogP contribution in [0.2, 0.25) is 0 Å². The van der Waals surface area contributed by atoms with Crippen molar-refractivity contribution in [2.75, 3.05) is 16.0 Å². The molecule has 2 aromatic rings. The van der Waals surface area contributed by atoms with Crippen molar-refractivity contribution in [1.29, 1.82) is 0 Å². The number of aryl methyl sites for hydroxylation is 1. The number of hydrogen-bond acceptors (Lipinski definition) is 6. The van der Waals surface area contributed by atoms with Gasteiger partial charge in [-0.2, -0.15) is 0 Å². The molecule has 6 nitrogen and oxygen atoms in total. The maximum Gasteiger partial charge on any atom is 0.234 e. The van der Waals surface area contributed by atoms with Crippen LogP contribution in [0.3, 0.4) is 0 Å². The summed E-state index contributed by atoms with van der Waals surface area (Å²) in [6.07, 6.45) is 2.49. The lowest BCUT2D eigenvalue weighted by Gasteiger charge is -2.17. The van der Waals surface area contributed by atoms with Gasteiger partial charge in [0.25, 0.3) is 0 Å². The van der Waals surface area contributed by atoms with Crippen LogP contribution in [-0.4, -0.2) is 33.8 Å². The molecular weight excluding hydrogens is 392 g/mol. The summed E-state index contributed by atoms with van der Waals surface area (Å²) >= 11 is 2.73.